The van der Waals surface area contributed by atoms with Crippen LogP contribution in [0.3, 0.4) is 0 Å². The molecule has 0 atom stereocenters. The topological polar surface area (TPSA) is 182 Å². The van der Waals surface area contributed by atoms with Gasteiger partial charge >= 0.3 is 11.4 Å². The summed E-state index contributed by atoms with van der Waals surface area (Å²) in [5.74, 6) is -1.21. The molecule has 0 fully saturated rings. The number of hydrogen-bond acceptors (Lipinski definition) is 9. The molecule has 0 radical (unpaired) electrons. The number of rotatable bonds is 10. The number of benzene rings is 1. The molecule has 0 aromatic heterocycles. The average Bonchev–Trinajstić information content (AvgIpc) is 2.60. The number of phenolic OH excluding ortho intramolecular Hbond substituents is 1. The van der Waals surface area contributed by atoms with Crippen molar-refractivity contribution in [1.82, 2.24) is 5.32 Å². The summed E-state index contributed by atoms with van der Waals surface area (Å²) in [6, 6.07) is 1.52. The quantitative estimate of drug-likeness (QED) is 0.400. The molecule has 1 rings (SSSR count). The van der Waals surface area contributed by atoms with Crippen LogP contribution in [0.2, 0.25) is 0 Å². The van der Waals surface area contributed by atoms with Crippen LogP contribution in [0.25, 0.3) is 0 Å². The lowest BCUT2D eigenvalue weighted by Gasteiger charge is -2.15. The molecule has 0 aliphatic carbocycles. The lowest BCUT2D eigenvalue weighted by molar-refractivity contribution is -0.404. The third-order valence-electron chi connectivity index (χ3n) is 3.48. The van der Waals surface area contributed by atoms with Gasteiger partial charge in [-0.1, -0.05) is 26.7 Å². The molecule has 0 aliphatic heterocycles. The summed E-state index contributed by atoms with van der Waals surface area (Å²) < 4.78 is 0. The third kappa shape index (κ3) is 8.37. The number of nitrogens with one attached hydrogen (secondary N) is 1. The molecule has 0 heterocycles. The summed E-state index contributed by atoms with van der Waals surface area (Å²) in [5, 5.41) is 52.1. The number of hydrogen-bond donors (Lipinski definition) is 3. The minimum Gasteiger partial charge on any atom is -0.497 e. The molecule has 12 heteroatoms. The van der Waals surface area contributed by atoms with Gasteiger partial charge in [0.25, 0.3) is 11.4 Å². The van der Waals surface area contributed by atoms with E-state index < -0.39 is 37.6 Å². The zero-order valence-corrected chi connectivity index (χ0v) is 15.2. The molecule has 152 valence electrons. The van der Waals surface area contributed by atoms with Gasteiger partial charge in [-0.2, -0.15) is 0 Å². The maximum Gasteiger partial charge on any atom is 0.324 e. The summed E-state index contributed by atoms with van der Waals surface area (Å²) in [6.45, 7) is 5.39. The molecule has 0 bridgehead atoms. The van der Waals surface area contributed by atoms with Crippen LogP contribution in [-0.2, 0) is 0 Å². The first kappa shape index (κ1) is 24.1. The third-order valence-corrected chi connectivity index (χ3v) is 3.48. The van der Waals surface area contributed by atoms with Crippen LogP contribution < -0.4 is 5.32 Å². The van der Waals surface area contributed by atoms with Crippen molar-refractivity contribution in [3.8, 4) is 5.75 Å². The Morgan fingerprint density at radius 1 is 0.963 bits per heavy atom. The standard InChI is InChI=1S/C9H21NO.C6H3N3O7/c1-3-5-9(6-4-2)10-7-8-11;10-6-4(8(13)14)1-3(7(11)12)2-5(6)9(15)16/h9-11H,3-8H2,1-2H3;1-2,10H. The van der Waals surface area contributed by atoms with Crippen LogP contribution in [0, 0.1) is 30.3 Å². The summed E-state index contributed by atoms with van der Waals surface area (Å²) >= 11 is 0. The highest BCUT2D eigenvalue weighted by atomic mass is 16.6. The Morgan fingerprint density at radius 2 is 1.41 bits per heavy atom. The van der Waals surface area contributed by atoms with Crippen LogP contribution in [0.5, 0.6) is 5.75 Å². The van der Waals surface area contributed by atoms with Crippen LogP contribution >= 0.6 is 0 Å². The monoisotopic (exact) mass is 388 g/mol. The lowest BCUT2D eigenvalue weighted by Crippen LogP contribution is -2.31. The largest absolute Gasteiger partial charge is 0.497 e. The number of nitro groups is 3. The number of non-ortho nitro benzene ring substituents is 1. The number of phenols is 1. The van der Waals surface area contributed by atoms with Gasteiger partial charge in [0.1, 0.15) is 0 Å². The van der Waals surface area contributed by atoms with E-state index in [2.05, 4.69) is 19.2 Å². The van der Waals surface area contributed by atoms with Crippen molar-refractivity contribution >= 4 is 17.1 Å². The van der Waals surface area contributed by atoms with Gasteiger partial charge in [0, 0.05) is 12.6 Å². The molecular formula is C15H24N4O8. The Morgan fingerprint density at radius 3 is 1.70 bits per heavy atom. The summed E-state index contributed by atoms with van der Waals surface area (Å²) in [7, 11) is 0. The van der Waals surface area contributed by atoms with Gasteiger partial charge in [-0.25, -0.2) is 0 Å². The van der Waals surface area contributed by atoms with Gasteiger partial charge in [-0.3, -0.25) is 30.3 Å². The number of aromatic hydroxyl groups is 1. The lowest BCUT2D eigenvalue weighted by atomic mass is 10.1. The van der Waals surface area contributed by atoms with Crippen molar-refractivity contribution in [3.63, 3.8) is 0 Å². The zero-order valence-electron chi connectivity index (χ0n) is 15.2. The minimum atomic E-state index is -1.21. The molecule has 1 aromatic rings. The summed E-state index contributed by atoms with van der Waals surface area (Å²) in [5.41, 5.74) is -3.00. The highest BCUT2D eigenvalue weighted by molar-refractivity contribution is 5.64. The zero-order chi connectivity index (χ0) is 21.0. The molecule has 27 heavy (non-hydrogen) atoms. The van der Waals surface area contributed by atoms with Crippen molar-refractivity contribution in [2.75, 3.05) is 13.2 Å². The van der Waals surface area contributed by atoms with Gasteiger partial charge in [0.05, 0.1) is 33.5 Å². The fourth-order valence-electron chi connectivity index (χ4n) is 2.29. The predicted octanol–water partition coefficient (Wildman–Crippen LogP) is 2.65. The van der Waals surface area contributed by atoms with E-state index in [1.807, 2.05) is 0 Å². The molecule has 3 N–H and O–H groups in total. The maximum atomic E-state index is 10.4. The fourth-order valence-corrected chi connectivity index (χ4v) is 2.29. The molecule has 12 nitrogen and oxygen atoms in total. The SMILES string of the molecule is CCCC(CCC)NCCO.O=[N+]([O-])c1cc([N+](=O)[O-])c(O)c([N+](=O)[O-])c1. The Balaban J connectivity index is 0.000000541. The Labute approximate surface area is 155 Å². The molecule has 0 saturated heterocycles. The molecule has 0 aliphatic rings. The van der Waals surface area contributed by atoms with E-state index >= 15 is 0 Å². The second kappa shape index (κ2) is 12.5. The second-order valence-electron chi connectivity index (χ2n) is 5.56. The average molecular weight is 388 g/mol. The first-order valence-corrected chi connectivity index (χ1v) is 8.33. The van der Waals surface area contributed by atoms with Gasteiger partial charge in [0.2, 0.25) is 0 Å². The maximum absolute atomic E-state index is 10.4. The van der Waals surface area contributed by atoms with Crippen molar-refractivity contribution in [2.24, 2.45) is 0 Å². The number of aliphatic hydroxyl groups is 1. The predicted molar refractivity (Wildman–Crippen MR) is 96.8 cm³/mol. The summed E-state index contributed by atoms with van der Waals surface area (Å²) in [4.78, 5) is 27.8. The fraction of sp³-hybridized carbons (Fsp3) is 0.600. The number of aliphatic hydroxyl groups excluding tert-OH is 1. The Kier molecular flexibility index (Phi) is 11.2. The van der Waals surface area contributed by atoms with Crippen molar-refractivity contribution in [2.45, 2.75) is 45.6 Å². The van der Waals surface area contributed by atoms with E-state index in [4.69, 9.17) is 10.2 Å². The molecule has 0 saturated carbocycles. The van der Waals surface area contributed by atoms with Gasteiger partial charge in [0.15, 0.2) is 0 Å². The first-order valence-electron chi connectivity index (χ1n) is 8.33. The van der Waals surface area contributed by atoms with E-state index in [0.717, 1.165) is 6.54 Å². The molecule has 0 amide bonds. The number of nitrogens with zero attached hydrogens (tertiary/aromatic N) is 3. The summed E-state index contributed by atoms with van der Waals surface area (Å²) in [6.07, 6.45) is 4.91. The van der Waals surface area contributed by atoms with Crippen LogP contribution in [0.1, 0.15) is 39.5 Å². The highest BCUT2D eigenvalue weighted by Crippen LogP contribution is 2.38. The van der Waals surface area contributed by atoms with E-state index in [-0.39, 0.29) is 6.61 Å². The van der Waals surface area contributed by atoms with Gasteiger partial charge < -0.3 is 15.5 Å². The van der Waals surface area contributed by atoms with E-state index in [0.29, 0.717) is 18.2 Å². The Bertz CT molecular complexity index is 612. The number of nitro benzene ring substituents is 3. The van der Waals surface area contributed by atoms with E-state index in [9.17, 15) is 30.3 Å². The van der Waals surface area contributed by atoms with Crippen LogP contribution in [0.4, 0.5) is 17.1 Å². The normalized spacial score (nSPS) is 10.2. The molecule has 1 aromatic carbocycles. The van der Waals surface area contributed by atoms with Crippen LogP contribution in [0.15, 0.2) is 12.1 Å². The van der Waals surface area contributed by atoms with E-state index in [1.54, 1.807) is 0 Å². The molecular weight excluding hydrogens is 364 g/mol. The van der Waals surface area contributed by atoms with Crippen LogP contribution in [-0.4, -0.2) is 44.2 Å². The second-order valence-corrected chi connectivity index (χ2v) is 5.56. The highest BCUT2D eigenvalue weighted by Gasteiger charge is 2.30. The Hall–Kier alpha value is -2.86. The van der Waals surface area contributed by atoms with Crippen molar-refractivity contribution in [3.05, 3.63) is 42.5 Å². The first-order chi connectivity index (χ1) is 12.7. The smallest absolute Gasteiger partial charge is 0.324 e. The van der Waals surface area contributed by atoms with Gasteiger partial charge in [-0.15, -0.1) is 0 Å². The molecule has 0 spiro atoms. The van der Waals surface area contributed by atoms with Crippen molar-refractivity contribution < 1.29 is 25.0 Å². The van der Waals surface area contributed by atoms with Crippen molar-refractivity contribution in [1.29, 1.82) is 0 Å². The minimum absolute atomic E-state index is 0.254. The van der Waals surface area contributed by atoms with Gasteiger partial charge in [-0.05, 0) is 12.8 Å². The molecule has 0 unspecified atom stereocenters. The van der Waals surface area contributed by atoms with E-state index in [1.165, 1.54) is 25.7 Å².